The third kappa shape index (κ3) is 27.0. The molecule has 32 nitrogen and oxygen atoms in total. The van der Waals surface area contributed by atoms with Crippen LogP contribution < -0.4 is 45.5 Å². The molecule has 6 rings (SSSR count). The van der Waals surface area contributed by atoms with Gasteiger partial charge in [0.1, 0.15) is 24.3 Å². The highest BCUT2D eigenvalue weighted by Crippen LogP contribution is 2.42. The Morgan fingerprint density at radius 2 is 1.03 bits per heavy atom. The zero-order valence-corrected chi connectivity index (χ0v) is 72.6. The molecule has 0 radical (unpaired) electrons. The molecule has 0 unspecified atom stereocenters. The van der Waals surface area contributed by atoms with Gasteiger partial charge in [0.15, 0.2) is 70.3 Å². The second kappa shape index (κ2) is 40.8. The maximum Gasteiger partial charge on any atom is 0.412 e. The van der Waals surface area contributed by atoms with Crippen LogP contribution in [0.1, 0.15) is 162 Å². The maximum atomic E-state index is 15.0. The fourth-order valence-electron chi connectivity index (χ4n) is 12.1. The van der Waals surface area contributed by atoms with Crippen LogP contribution in [-0.2, 0) is 86.9 Å². The number of carbonyl (C=O) groups excluding carboxylic acids is 11. The average molecular weight is 1650 g/mol. The standard InChI is InChI=1S/C81H119N7O25Si2/c1-46(2)66(82-49(5)89)72(94)84-61(45-105-76-70(111-52(8)92)68(110-51(7)91)67(109-50(6)90)69(112-76)75(97)102-20)71(93)83-54-30-28-53(29-31-54)42-106-77(98)85-59-38-64(62(100-18)36-57(59)73(95)87-40-47(3)34-55(87)43-107-114(21,22)80(12,13)14)103-32-26-25-27-33-104-65-39-60(86-78(99)113-79(9,10)11)58(37-63(65)101-19)74(96)88-41-48(4)35-56(88)44-108-115(23,24)81(15,16)17/h28-31,36-39,46,55-56,61,66-70,76H,3-4,25-27,32-35,40-45H2,1-2,5-24H3,(H,82,89)(H,83,93)(H,84,94)(H,85,98)(H,86,99)/t55-,56-,61-,66-,67-,68-,69-,70+,76+/m0/s1. The molecule has 0 saturated carbocycles. The number of esters is 4. The summed E-state index contributed by atoms with van der Waals surface area (Å²) in [6, 6.07) is 8.55. The van der Waals surface area contributed by atoms with E-state index in [0.29, 0.717) is 50.8 Å². The van der Waals surface area contributed by atoms with Crippen molar-refractivity contribution in [1.82, 2.24) is 20.4 Å². The number of amides is 7. The van der Waals surface area contributed by atoms with E-state index in [9.17, 15) is 47.9 Å². The lowest BCUT2D eigenvalue weighted by molar-refractivity contribution is -0.302. The lowest BCUT2D eigenvalue weighted by Crippen LogP contribution is -2.64. The third-order valence-corrected chi connectivity index (χ3v) is 29.2. The van der Waals surface area contributed by atoms with Gasteiger partial charge in [-0.3, -0.25) is 49.0 Å². The summed E-state index contributed by atoms with van der Waals surface area (Å²) in [6.07, 6.45) is -8.06. The maximum absolute atomic E-state index is 15.0. The Kier molecular flexibility index (Phi) is 33.4. The Morgan fingerprint density at radius 3 is 1.46 bits per heavy atom. The van der Waals surface area contributed by atoms with E-state index in [2.05, 4.69) is 107 Å². The summed E-state index contributed by atoms with van der Waals surface area (Å²) in [6.45, 7) is 42.9. The lowest BCUT2D eigenvalue weighted by atomic mass is 9.97. The van der Waals surface area contributed by atoms with Crippen molar-refractivity contribution in [3.63, 3.8) is 0 Å². The van der Waals surface area contributed by atoms with Crippen molar-refractivity contribution in [3.8, 4) is 23.0 Å². The van der Waals surface area contributed by atoms with Gasteiger partial charge in [0.2, 0.25) is 17.7 Å². The fraction of sp³-hybridized carbons (Fsp3) is 0.593. The quantitative estimate of drug-likeness (QED) is 0.0120. The fourth-order valence-corrected chi connectivity index (χ4v) is 14.2. The molecule has 3 aliphatic rings. The number of ether oxygens (including phenoxy) is 12. The van der Waals surface area contributed by atoms with E-state index in [1.165, 1.54) is 57.5 Å². The van der Waals surface area contributed by atoms with Gasteiger partial charge in [-0.05, 0) is 125 Å². The van der Waals surface area contributed by atoms with E-state index in [1.54, 1.807) is 56.6 Å². The van der Waals surface area contributed by atoms with E-state index in [0.717, 1.165) is 39.0 Å². The molecule has 9 atom stereocenters. The average Bonchev–Trinajstić information content (AvgIpc) is 1.75. The second-order valence-corrected chi connectivity index (χ2v) is 42.7. The Balaban J connectivity index is 1.21. The van der Waals surface area contributed by atoms with Crippen LogP contribution in [0.15, 0.2) is 72.8 Å². The van der Waals surface area contributed by atoms with E-state index in [-0.39, 0.29) is 106 Å². The largest absolute Gasteiger partial charge is 0.493 e. The van der Waals surface area contributed by atoms with Crippen molar-refractivity contribution in [2.24, 2.45) is 5.92 Å². The van der Waals surface area contributed by atoms with Crippen LogP contribution in [0.5, 0.6) is 23.0 Å². The van der Waals surface area contributed by atoms with Crippen LogP contribution in [0.4, 0.5) is 26.7 Å². The highest BCUT2D eigenvalue weighted by molar-refractivity contribution is 6.74. The van der Waals surface area contributed by atoms with Crippen molar-refractivity contribution in [2.75, 3.05) is 83.4 Å². The predicted molar refractivity (Wildman–Crippen MR) is 431 cm³/mol. The van der Waals surface area contributed by atoms with Crippen molar-refractivity contribution in [2.45, 2.75) is 239 Å². The van der Waals surface area contributed by atoms with Crippen LogP contribution in [0.25, 0.3) is 0 Å². The SMILES string of the molecule is C=C1C[C@@H](CO[Si](C)(C)C(C)(C)C)N(C(=O)c2cc(OC)c(OCCCCCOc3cc(NC(=O)OC(C)(C)C)c(C(=O)N4CC(=C)C[C@H]4CO[Si](C)(C)C(C)(C)C)cc3OC)cc2NC(=O)OCc2ccc(NC(=O)[C@H](CO[C@@H]3O[C@H](C(=O)OC)[C@@H](OC(C)=O)[C@H](OC(C)=O)[C@H]3OC(C)=O)NC(=O)[C@@H](NC(C)=O)C(C)C)cc2)C1. The summed E-state index contributed by atoms with van der Waals surface area (Å²) in [5.41, 5.74) is 1.80. The second-order valence-electron chi connectivity index (χ2n) is 33.1. The van der Waals surface area contributed by atoms with Gasteiger partial charge in [-0.25, -0.2) is 14.4 Å². The van der Waals surface area contributed by atoms with Gasteiger partial charge < -0.3 is 91.4 Å². The highest BCUT2D eigenvalue weighted by atomic mass is 28.4. The molecule has 3 aromatic rings. The van der Waals surface area contributed by atoms with Gasteiger partial charge in [0, 0.05) is 58.6 Å². The van der Waals surface area contributed by atoms with Crippen molar-refractivity contribution >= 4 is 99.3 Å². The van der Waals surface area contributed by atoms with Crippen molar-refractivity contribution in [3.05, 3.63) is 89.5 Å². The van der Waals surface area contributed by atoms with Gasteiger partial charge in [-0.15, -0.1) is 0 Å². The molecule has 636 valence electrons. The molecule has 3 heterocycles. The Labute approximate surface area is 676 Å². The minimum Gasteiger partial charge on any atom is -0.493 e. The molecule has 5 N–H and O–H groups in total. The number of likely N-dealkylation sites (tertiary alicyclic amines) is 2. The number of anilines is 3. The third-order valence-electron chi connectivity index (χ3n) is 20.2. The molecule has 7 amide bonds. The van der Waals surface area contributed by atoms with Crippen LogP contribution in [0.2, 0.25) is 36.3 Å². The molecule has 0 aromatic heterocycles. The lowest BCUT2D eigenvalue weighted by Gasteiger charge is -2.43. The highest BCUT2D eigenvalue weighted by Gasteiger charge is 2.56. The molecule has 3 saturated heterocycles. The summed E-state index contributed by atoms with van der Waals surface area (Å²) in [5, 5.41) is 13.2. The van der Waals surface area contributed by atoms with E-state index in [1.807, 2.05) is 0 Å². The van der Waals surface area contributed by atoms with Gasteiger partial charge in [-0.2, -0.15) is 0 Å². The van der Waals surface area contributed by atoms with Gasteiger partial charge in [0.05, 0.1) is 88.9 Å². The minimum atomic E-state index is -2.29. The van der Waals surface area contributed by atoms with Crippen molar-refractivity contribution in [1.29, 1.82) is 0 Å². The normalized spacial score (nSPS) is 19.1. The van der Waals surface area contributed by atoms with Crippen LogP contribution in [-0.4, -0.2) is 220 Å². The van der Waals surface area contributed by atoms with E-state index >= 15 is 4.79 Å². The van der Waals surface area contributed by atoms with E-state index in [4.69, 9.17) is 65.7 Å². The number of nitrogens with one attached hydrogen (secondary N) is 5. The number of rotatable bonds is 35. The Hall–Kier alpha value is -9.62. The first-order chi connectivity index (χ1) is 53.6. The molecule has 3 fully saturated rings. The van der Waals surface area contributed by atoms with Gasteiger partial charge in [0.25, 0.3) is 11.8 Å². The summed E-state index contributed by atoms with van der Waals surface area (Å²) in [4.78, 5) is 152. The molecule has 0 spiro atoms. The van der Waals surface area contributed by atoms with Crippen LogP contribution in [0.3, 0.4) is 0 Å². The number of hydrogen-bond acceptors (Lipinski definition) is 25. The molecule has 3 aliphatic heterocycles. The van der Waals surface area contributed by atoms with Gasteiger partial charge in [-0.1, -0.05) is 91.8 Å². The smallest absolute Gasteiger partial charge is 0.412 e. The molecule has 115 heavy (non-hydrogen) atoms. The first-order valence-electron chi connectivity index (χ1n) is 38.3. The molecular formula is C81H119N7O25Si2. The summed E-state index contributed by atoms with van der Waals surface area (Å²) < 4.78 is 82.0. The van der Waals surface area contributed by atoms with Crippen LogP contribution >= 0.6 is 0 Å². The topological polar surface area (TPSA) is 384 Å². The predicted octanol–water partition coefficient (Wildman–Crippen LogP) is 11.3. The first-order valence-corrected chi connectivity index (χ1v) is 44.1. The number of nitrogens with zero attached hydrogens (tertiary/aromatic N) is 2. The number of hydrogen-bond donors (Lipinski definition) is 5. The minimum absolute atomic E-state index is 0.0282. The zero-order valence-electron chi connectivity index (χ0n) is 70.6. The first kappa shape index (κ1) is 94.2. The summed E-state index contributed by atoms with van der Waals surface area (Å²) >= 11 is 0. The van der Waals surface area contributed by atoms with E-state index < -0.39 is 143 Å². The molecule has 34 heteroatoms. The number of carbonyl (C=O) groups is 11. The monoisotopic (exact) mass is 1650 g/mol. The summed E-state index contributed by atoms with van der Waals surface area (Å²) in [7, 11) is -0.590. The molecule has 3 aromatic carbocycles. The Morgan fingerprint density at radius 1 is 0.574 bits per heavy atom. The molecule has 0 bridgehead atoms. The Bertz CT molecular complexity index is 4020. The summed E-state index contributed by atoms with van der Waals surface area (Å²) in [5.74, 6) is -6.67. The number of benzene rings is 3. The zero-order chi connectivity index (χ0) is 86.0. The van der Waals surface area contributed by atoms with Crippen LogP contribution in [0, 0.1) is 5.92 Å². The van der Waals surface area contributed by atoms with Crippen molar-refractivity contribution < 1.29 is 118 Å². The molecule has 0 aliphatic carbocycles. The number of unbranched alkanes of at least 4 members (excludes halogenated alkanes) is 2. The number of methoxy groups -OCH3 is 3. The molecular weight excluding hydrogens is 1530 g/mol. The van der Waals surface area contributed by atoms with Gasteiger partial charge >= 0.3 is 36.1 Å².